The maximum atomic E-state index is 13.9. The third kappa shape index (κ3) is 7.03. The van der Waals surface area contributed by atoms with Crippen molar-refractivity contribution in [2.24, 2.45) is 0 Å². The number of Topliss-reactive ketones (excluding diaryl/α,β-unsaturated/α-hetero) is 1. The molecule has 2 aromatic carbocycles. The smallest absolute Gasteiger partial charge is 0.408 e. The molecule has 0 bridgehead atoms. The summed E-state index contributed by atoms with van der Waals surface area (Å²) in [4.78, 5) is 37.2. The predicted octanol–water partition coefficient (Wildman–Crippen LogP) is 4.90. The Bertz CT molecular complexity index is 1010. The van der Waals surface area contributed by atoms with Gasteiger partial charge in [-0.25, -0.2) is 13.6 Å². The van der Waals surface area contributed by atoms with E-state index in [1.54, 1.807) is 26.8 Å². The SMILES string of the molecule is CC(NC(=O)OC(C)(C)C)C(=O)Cc1cccc(Cl)c1C(=O)Nc1ccc(F)cc1F. The van der Waals surface area contributed by atoms with E-state index in [0.29, 0.717) is 6.07 Å². The van der Waals surface area contributed by atoms with Gasteiger partial charge in [0.25, 0.3) is 5.91 Å². The number of hydrogen-bond acceptors (Lipinski definition) is 4. The van der Waals surface area contributed by atoms with Gasteiger partial charge in [-0.2, -0.15) is 0 Å². The molecule has 2 rings (SSSR count). The molecular formula is C22H23ClF2N2O4. The number of halogens is 3. The van der Waals surface area contributed by atoms with E-state index in [0.717, 1.165) is 12.1 Å². The van der Waals surface area contributed by atoms with Gasteiger partial charge in [0.1, 0.15) is 17.2 Å². The molecule has 2 aromatic rings. The minimum atomic E-state index is -0.951. The van der Waals surface area contributed by atoms with E-state index in [1.807, 2.05) is 0 Å². The van der Waals surface area contributed by atoms with Crippen molar-refractivity contribution in [2.75, 3.05) is 5.32 Å². The third-order valence-corrected chi connectivity index (χ3v) is 4.40. The van der Waals surface area contributed by atoms with Crippen LogP contribution in [0.2, 0.25) is 5.02 Å². The molecule has 6 nitrogen and oxygen atoms in total. The monoisotopic (exact) mass is 452 g/mol. The van der Waals surface area contributed by atoms with Gasteiger partial charge >= 0.3 is 6.09 Å². The second kappa shape index (κ2) is 9.87. The highest BCUT2D eigenvalue weighted by atomic mass is 35.5. The van der Waals surface area contributed by atoms with Crippen LogP contribution in [0.25, 0.3) is 0 Å². The van der Waals surface area contributed by atoms with Crippen molar-refractivity contribution in [3.8, 4) is 0 Å². The molecule has 0 aliphatic carbocycles. The molecule has 0 fully saturated rings. The Kier molecular flexibility index (Phi) is 7.73. The van der Waals surface area contributed by atoms with Crippen LogP contribution in [0.4, 0.5) is 19.3 Å². The van der Waals surface area contributed by atoms with Gasteiger partial charge in [0.2, 0.25) is 0 Å². The summed E-state index contributed by atoms with van der Waals surface area (Å²) >= 11 is 6.16. The highest BCUT2D eigenvalue weighted by molar-refractivity contribution is 6.34. The number of ether oxygens (including phenoxy) is 1. The van der Waals surface area contributed by atoms with Crippen molar-refractivity contribution >= 4 is 35.1 Å². The molecule has 0 saturated heterocycles. The van der Waals surface area contributed by atoms with Crippen LogP contribution >= 0.6 is 11.6 Å². The van der Waals surface area contributed by atoms with Crippen LogP contribution in [0.5, 0.6) is 0 Å². The summed E-state index contributed by atoms with van der Waals surface area (Å²) < 4.78 is 32.1. The molecule has 1 unspecified atom stereocenters. The number of ketones is 1. The standard InChI is InChI=1S/C22H23ClF2N2O4/c1-12(26-21(30)31-22(2,3)4)18(28)10-13-6-5-7-15(23)19(13)20(29)27-17-9-8-14(24)11-16(17)25/h5-9,11-12H,10H2,1-4H3,(H,26,30)(H,27,29). The number of carbonyl (C=O) groups is 3. The Morgan fingerprint density at radius 2 is 1.81 bits per heavy atom. The first-order chi connectivity index (χ1) is 14.4. The fourth-order valence-corrected chi connectivity index (χ4v) is 2.93. The first-order valence-corrected chi connectivity index (χ1v) is 9.81. The molecule has 2 amide bonds. The minimum Gasteiger partial charge on any atom is -0.444 e. The van der Waals surface area contributed by atoms with Gasteiger partial charge in [-0.05, 0) is 51.5 Å². The van der Waals surface area contributed by atoms with Gasteiger partial charge in [-0.3, -0.25) is 9.59 Å². The Hall–Kier alpha value is -3.00. The highest BCUT2D eigenvalue weighted by Gasteiger charge is 2.24. The van der Waals surface area contributed by atoms with Gasteiger partial charge < -0.3 is 15.4 Å². The second-order valence-corrected chi connectivity index (χ2v) is 8.27. The first kappa shape index (κ1) is 24.3. The van der Waals surface area contributed by atoms with Crippen LogP contribution in [0.15, 0.2) is 36.4 Å². The molecule has 0 heterocycles. The lowest BCUT2D eigenvalue weighted by Gasteiger charge is -2.21. The Labute approximate surface area is 183 Å². The quantitative estimate of drug-likeness (QED) is 0.653. The van der Waals surface area contributed by atoms with Crippen LogP contribution in [0.3, 0.4) is 0 Å². The van der Waals surface area contributed by atoms with Gasteiger partial charge in [0.15, 0.2) is 5.78 Å². The number of rotatable bonds is 6. The van der Waals surface area contributed by atoms with Crippen molar-refractivity contribution < 1.29 is 27.9 Å². The van der Waals surface area contributed by atoms with Crippen LogP contribution < -0.4 is 10.6 Å². The molecule has 2 N–H and O–H groups in total. The van der Waals surface area contributed by atoms with Crippen LogP contribution in [-0.2, 0) is 16.0 Å². The molecule has 0 spiro atoms. The van der Waals surface area contributed by atoms with Crippen molar-refractivity contribution in [1.82, 2.24) is 5.32 Å². The number of carbonyl (C=O) groups excluding carboxylic acids is 3. The lowest BCUT2D eigenvalue weighted by Crippen LogP contribution is -2.42. The Morgan fingerprint density at radius 1 is 1.13 bits per heavy atom. The van der Waals surface area contributed by atoms with E-state index in [2.05, 4.69) is 10.6 Å². The topological polar surface area (TPSA) is 84.5 Å². The van der Waals surface area contributed by atoms with Gasteiger partial charge in [-0.15, -0.1) is 0 Å². The Balaban J connectivity index is 2.17. The zero-order valence-corrected chi connectivity index (χ0v) is 18.3. The largest absolute Gasteiger partial charge is 0.444 e. The van der Waals surface area contributed by atoms with Crippen molar-refractivity contribution in [3.63, 3.8) is 0 Å². The Morgan fingerprint density at radius 3 is 2.42 bits per heavy atom. The van der Waals surface area contributed by atoms with Crippen molar-refractivity contribution in [1.29, 1.82) is 0 Å². The average Bonchev–Trinajstić information content (AvgIpc) is 2.62. The molecule has 0 aliphatic heterocycles. The summed E-state index contributed by atoms with van der Waals surface area (Å²) in [6.07, 6.45) is -0.962. The summed E-state index contributed by atoms with van der Waals surface area (Å²) in [7, 11) is 0. The first-order valence-electron chi connectivity index (χ1n) is 9.43. The van der Waals surface area contributed by atoms with E-state index in [4.69, 9.17) is 16.3 Å². The fourth-order valence-electron chi connectivity index (χ4n) is 2.65. The molecule has 9 heteroatoms. The fraction of sp³-hybridized carbons (Fsp3) is 0.318. The van der Waals surface area contributed by atoms with Gasteiger partial charge in [0, 0.05) is 12.5 Å². The van der Waals surface area contributed by atoms with E-state index in [1.165, 1.54) is 19.1 Å². The molecule has 0 radical (unpaired) electrons. The summed E-state index contributed by atoms with van der Waals surface area (Å²) in [6.45, 7) is 6.57. The number of hydrogen-bond donors (Lipinski definition) is 2. The molecule has 0 aromatic heterocycles. The number of amides is 2. The zero-order valence-electron chi connectivity index (χ0n) is 17.5. The normalized spacial score (nSPS) is 12.1. The molecule has 0 aliphatic rings. The highest BCUT2D eigenvalue weighted by Crippen LogP contribution is 2.24. The number of nitrogens with one attached hydrogen (secondary N) is 2. The van der Waals surface area contributed by atoms with Crippen LogP contribution in [-0.4, -0.2) is 29.4 Å². The summed E-state index contributed by atoms with van der Waals surface area (Å²) in [5, 5.41) is 4.83. The van der Waals surface area contributed by atoms with Crippen molar-refractivity contribution in [3.05, 3.63) is 64.2 Å². The second-order valence-electron chi connectivity index (χ2n) is 7.86. The van der Waals surface area contributed by atoms with E-state index in [-0.39, 0.29) is 28.3 Å². The number of anilines is 1. The summed E-state index contributed by atoms with van der Waals surface area (Å²) in [5.41, 5.74) is -0.689. The molecule has 1 atom stereocenters. The zero-order chi connectivity index (χ0) is 23.3. The predicted molar refractivity (Wildman–Crippen MR) is 113 cm³/mol. The molecule has 0 saturated carbocycles. The number of benzene rings is 2. The maximum absolute atomic E-state index is 13.9. The van der Waals surface area contributed by atoms with Gasteiger partial charge in [0.05, 0.1) is 22.3 Å². The van der Waals surface area contributed by atoms with E-state index < -0.39 is 41.1 Å². The van der Waals surface area contributed by atoms with E-state index >= 15 is 0 Å². The summed E-state index contributed by atoms with van der Waals surface area (Å²) in [5.74, 6) is -2.89. The number of alkyl carbamates (subject to hydrolysis) is 1. The van der Waals surface area contributed by atoms with Crippen molar-refractivity contribution in [2.45, 2.75) is 45.8 Å². The third-order valence-electron chi connectivity index (χ3n) is 4.09. The molecular weight excluding hydrogens is 430 g/mol. The lowest BCUT2D eigenvalue weighted by atomic mass is 9.99. The minimum absolute atomic E-state index is 0.0225. The molecule has 31 heavy (non-hydrogen) atoms. The van der Waals surface area contributed by atoms with Crippen LogP contribution in [0, 0.1) is 11.6 Å². The van der Waals surface area contributed by atoms with Gasteiger partial charge in [-0.1, -0.05) is 23.7 Å². The average molecular weight is 453 g/mol. The summed E-state index contributed by atoms with van der Waals surface area (Å²) in [6, 6.07) is 6.37. The van der Waals surface area contributed by atoms with E-state index in [9.17, 15) is 23.2 Å². The molecule has 166 valence electrons. The maximum Gasteiger partial charge on any atom is 0.408 e. The lowest BCUT2D eigenvalue weighted by molar-refractivity contribution is -0.120. The van der Waals surface area contributed by atoms with Crippen LogP contribution in [0.1, 0.15) is 43.6 Å².